The third kappa shape index (κ3) is 4.86. The second-order valence-corrected chi connectivity index (χ2v) is 6.71. The lowest BCUT2D eigenvalue weighted by Gasteiger charge is -2.10. The van der Waals surface area contributed by atoms with Gasteiger partial charge in [-0.05, 0) is 38.0 Å². The molecule has 2 rings (SSSR count). The zero-order valence-corrected chi connectivity index (χ0v) is 15.4. The van der Waals surface area contributed by atoms with E-state index >= 15 is 0 Å². The number of guanidine groups is 1. The molecule has 7 heteroatoms. The third-order valence-electron chi connectivity index (χ3n) is 3.57. The maximum Gasteiger partial charge on any atom is 0.188 e. The van der Waals surface area contributed by atoms with Crippen LogP contribution in [0.15, 0.2) is 23.2 Å². The standard InChI is InChI=1S/C17H24N4O2S/c1-11-14(21-12(2)24-11)10-20-17(18)19-8-7-13-5-6-15(22-3)16(9-13)23-4/h5-6,9H,7-8,10H2,1-4H3,(H3,18,19,20). The molecule has 0 aliphatic carbocycles. The van der Waals surface area contributed by atoms with Crippen molar-refractivity contribution in [3.8, 4) is 11.5 Å². The molecule has 0 amide bonds. The van der Waals surface area contributed by atoms with Crippen LogP contribution in [0.25, 0.3) is 0 Å². The number of aromatic nitrogens is 1. The zero-order chi connectivity index (χ0) is 17.5. The number of ether oxygens (including phenoxy) is 2. The number of rotatable bonds is 7. The molecular weight excluding hydrogens is 324 g/mol. The fraction of sp³-hybridized carbons (Fsp3) is 0.412. The minimum atomic E-state index is 0.431. The first-order chi connectivity index (χ1) is 11.5. The summed E-state index contributed by atoms with van der Waals surface area (Å²) in [4.78, 5) is 9.98. The smallest absolute Gasteiger partial charge is 0.188 e. The average molecular weight is 348 g/mol. The number of aliphatic imine (C=N–C) groups is 1. The number of aryl methyl sites for hydroxylation is 2. The highest BCUT2D eigenvalue weighted by Gasteiger charge is 2.05. The molecule has 1 heterocycles. The Bertz CT molecular complexity index is 713. The van der Waals surface area contributed by atoms with Gasteiger partial charge >= 0.3 is 0 Å². The normalized spacial score (nSPS) is 11.4. The van der Waals surface area contributed by atoms with Crippen molar-refractivity contribution >= 4 is 17.3 Å². The molecule has 24 heavy (non-hydrogen) atoms. The summed E-state index contributed by atoms with van der Waals surface area (Å²) in [5.74, 6) is 1.88. The number of nitrogens with two attached hydrogens (primary N) is 1. The maximum atomic E-state index is 5.91. The van der Waals surface area contributed by atoms with Crippen molar-refractivity contribution in [2.45, 2.75) is 26.8 Å². The number of methoxy groups -OCH3 is 2. The molecule has 0 aliphatic heterocycles. The monoisotopic (exact) mass is 348 g/mol. The number of thiazole rings is 1. The van der Waals surface area contributed by atoms with E-state index in [0.717, 1.165) is 34.2 Å². The lowest BCUT2D eigenvalue weighted by molar-refractivity contribution is 0.354. The molecule has 0 fully saturated rings. The van der Waals surface area contributed by atoms with Gasteiger partial charge in [0.05, 0.1) is 31.5 Å². The third-order valence-corrected chi connectivity index (χ3v) is 4.50. The van der Waals surface area contributed by atoms with E-state index in [1.165, 1.54) is 4.88 Å². The number of nitrogens with zero attached hydrogens (tertiary/aromatic N) is 2. The summed E-state index contributed by atoms with van der Waals surface area (Å²) < 4.78 is 10.5. The highest BCUT2D eigenvalue weighted by atomic mass is 32.1. The first-order valence-corrected chi connectivity index (χ1v) is 8.52. The van der Waals surface area contributed by atoms with Crippen LogP contribution >= 0.6 is 11.3 Å². The molecule has 0 aliphatic rings. The molecule has 0 spiro atoms. The molecule has 0 radical (unpaired) electrons. The van der Waals surface area contributed by atoms with Crippen molar-refractivity contribution in [1.82, 2.24) is 10.3 Å². The lowest BCUT2D eigenvalue weighted by Crippen LogP contribution is -2.33. The van der Waals surface area contributed by atoms with Crippen LogP contribution in [-0.4, -0.2) is 31.7 Å². The second-order valence-electron chi connectivity index (χ2n) is 5.30. The van der Waals surface area contributed by atoms with Crippen LogP contribution < -0.4 is 20.5 Å². The van der Waals surface area contributed by atoms with Crippen LogP contribution in [0.4, 0.5) is 0 Å². The Kier molecular flexibility index (Phi) is 6.43. The Morgan fingerprint density at radius 2 is 2.00 bits per heavy atom. The summed E-state index contributed by atoms with van der Waals surface area (Å²) in [5.41, 5.74) is 8.04. The first-order valence-electron chi connectivity index (χ1n) is 7.71. The molecule has 0 unspecified atom stereocenters. The lowest BCUT2D eigenvalue weighted by atomic mass is 10.1. The Morgan fingerprint density at radius 3 is 2.62 bits per heavy atom. The second kappa shape index (κ2) is 8.54. The SMILES string of the molecule is COc1ccc(CCNC(N)=NCc2nc(C)sc2C)cc1OC. The van der Waals surface area contributed by atoms with E-state index in [1.807, 2.05) is 25.1 Å². The van der Waals surface area contributed by atoms with Gasteiger partial charge in [-0.25, -0.2) is 9.98 Å². The van der Waals surface area contributed by atoms with E-state index in [4.69, 9.17) is 15.2 Å². The summed E-state index contributed by atoms with van der Waals surface area (Å²) in [7, 11) is 3.26. The molecule has 1 aromatic heterocycles. The Morgan fingerprint density at radius 1 is 1.25 bits per heavy atom. The van der Waals surface area contributed by atoms with Gasteiger partial charge in [-0.3, -0.25) is 0 Å². The van der Waals surface area contributed by atoms with Gasteiger partial charge in [0, 0.05) is 11.4 Å². The van der Waals surface area contributed by atoms with Gasteiger partial charge in [0.25, 0.3) is 0 Å². The summed E-state index contributed by atoms with van der Waals surface area (Å²) >= 11 is 1.68. The number of hydrogen-bond donors (Lipinski definition) is 2. The quantitative estimate of drug-likeness (QED) is 0.593. The van der Waals surface area contributed by atoms with Gasteiger partial charge in [-0.15, -0.1) is 11.3 Å². The van der Waals surface area contributed by atoms with E-state index in [-0.39, 0.29) is 0 Å². The highest BCUT2D eigenvalue weighted by Crippen LogP contribution is 2.27. The van der Waals surface area contributed by atoms with E-state index in [2.05, 4.69) is 22.2 Å². The Labute approximate surface area is 146 Å². The number of nitrogens with one attached hydrogen (secondary N) is 1. The Balaban J connectivity index is 1.85. The summed E-state index contributed by atoms with van der Waals surface area (Å²) in [6, 6.07) is 5.88. The molecule has 2 aromatic rings. The van der Waals surface area contributed by atoms with Crippen molar-refractivity contribution in [1.29, 1.82) is 0 Å². The minimum Gasteiger partial charge on any atom is -0.493 e. The van der Waals surface area contributed by atoms with Gasteiger partial charge in [0.1, 0.15) is 0 Å². The van der Waals surface area contributed by atoms with E-state index in [1.54, 1.807) is 25.6 Å². The first kappa shape index (κ1) is 18.1. The topological polar surface area (TPSA) is 81.8 Å². The molecule has 6 nitrogen and oxygen atoms in total. The van der Waals surface area contributed by atoms with Gasteiger partial charge in [0.2, 0.25) is 0 Å². The summed E-state index contributed by atoms with van der Waals surface area (Å²) in [6.45, 7) is 5.25. The predicted octanol–water partition coefficient (Wildman–Crippen LogP) is 2.42. The molecule has 0 bridgehead atoms. The molecule has 3 N–H and O–H groups in total. The van der Waals surface area contributed by atoms with Crippen LogP contribution in [0.5, 0.6) is 11.5 Å². The van der Waals surface area contributed by atoms with E-state index < -0.39 is 0 Å². The fourth-order valence-electron chi connectivity index (χ4n) is 2.31. The van der Waals surface area contributed by atoms with Crippen molar-refractivity contribution < 1.29 is 9.47 Å². The van der Waals surface area contributed by atoms with Crippen molar-refractivity contribution in [2.24, 2.45) is 10.7 Å². The van der Waals surface area contributed by atoms with Crippen molar-refractivity contribution in [2.75, 3.05) is 20.8 Å². The minimum absolute atomic E-state index is 0.431. The highest BCUT2D eigenvalue weighted by molar-refractivity contribution is 7.11. The predicted molar refractivity (Wildman–Crippen MR) is 98.2 cm³/mol. The van der Waals surface area contributed by atoms with Gasteiger partial charge in [-0.2, -0.15) is 0 Å². The summed E-state index contributed by atoms with van der Waals surface area (Å²) in [5, 5.41) is 4.18. The molecular formula is C17H24N4O2S. The summed E-state index contributed by atoms with van der Waals surface area (Å²) in [6.07, 6.45) is 0.811. The maximum absolute atomic E-state index is 5.91. The number of hydrogen-bond acceptors (Lipinski definition) is 5. The van der Waals surface area contributed by atoms with Crippen LogP contribution in [0.3, 0.4) is 0 Å². The van der Waals surface area contributed by atoms with Gasteiger partial charge < -0.3 is 20.5 Å². The van der Waals surface area contributed by atoms with Crippen molar-refractivity contribution in [3.05, 3.63) is 39.3 Å². The number of benzene rings is 1. The van der Waals surface area contributed by atoms with Crippen LogP contribution in [0, 0.1) is 13.8 Å². The van der Waals surface area contributed by atoms with Gasteiger partial charge in [0.15, 0.2) is 17.5 Å². The Hall–Kier alpha value is -2.28. The van der Waals surface area contributed by atoms with Crippen LogP contribution in [0.2, 0.25) is 0 Å². The molecule has 0 atom stereocenters. The molecule has 130 valence electrons. The van der Waals surface area contributed by atoms with E-state index in [0.29, 0.717) is 19.0 Å². The fourth-order valence-corrected chi connectivity index (χ4v) is 3.13. The van der Waals surface area contributed by atoms with E-state index in [9.17, 15) is 0 Å². The van der Waals surface area contributed by atoms with Crippen molar-refractivity contribution in [3.63, 3.8) is 0 Å². The zero-order valence-electron chi connectivity index (χ0n) is 14.5. The molecule has 1 aromatic carbocycles. The van der Waals surface area contributed by atoms with Gasteiger partial charge in [-0.1, -0.05) is 6.07 Å². The largest absolute Gasteiger partial charge is 0.493 e. The molecule has 0 saturated carbocycles. The molecule has 0 saturated heterocycles. The average Bonchev–Trinajstić information content (AvgIpc) is 2.90. The van der Waals surface area contributed by atoms with Crippen LogP contribution in [-0.2, 0) is 13.0 Å². The van der Waals surface area contributed by atoms with Crippen LogP contribution in [0.1, 0.15) is 21.1 Å².